The molecule has 0 aromatic rings. The number of thioether (sulfide) groups is 1. The van der Waals surface area contributed by atoms with Crippen molar-refractivity contribution in [3.8, 4) is 0 Å². The molecule has 12 heavy (non-hydrogen) atoms. The van der Waals surface area contributed by atoms with Crippen LogP contribution in [0.25, 0.3) is 0 Å². The maximum atomic E-state index is 11.7. The third-order valence-corrected chi connectivity index (χ3v) is 2.61. The third-order valence-electron chi connectivity index (χ3n) is 1.36. The lowest BCUT2D eigenvalue weighted by atomic mass is 10.3. The van der Waals surface area contributed by atoms with Gasteiger partial charge in [-0.2, -0.15) is 24.9 Å². The van der Waals surface area contributed by atoms with E-state index in [0.717, 1.165) is 6.42 Å². The first-order valence-corrected chi connectivity index (χ1v) is 4.89. The Morgan fingerprint density at radius 3 is 2.42 bits per heavy atom. The second-order valence-corrected chi connectivity index (χ2v) is 4.17. The predicted octanol–water partition coefficient (Wildman–Crippen LogP) is 2.41. The van der Waals surface area contributed by atoms with E-state index in [4.69, 9.17) is 5.73 Å². The summed E-state index contributed by atoms with van der Waals surface area (Å²) in [5.74, 6) is 0.144. The smallest absolute Gasteiger partial charge is 0.330 e. The van der Waals surface area contributed by atoms with Crippen molar-refractivity contribution < 1.29 is 13.2 Å². The highest BCUT2D eigenvalue weighted by Crippen LogP contribution is 2.24. The summed E-state index contributed by atoms with van der Waals surface area (Å²) in [7, 11) is 0. The highest BCUT2D eigenvalue weighted by molar-refractivity contribution is 7.99. The second kappa shape index (κ2) is 5.70. The van der Waals surface area contributed by atoms with Crippen molar-refractivity contribution >= 4 is 11.8 Å². The first-order valence-electron chi connectivity index (χ1n) is 3.84. The summed E-state index contributed by atoms with van der Waals surface area (Å²) in [6.45, 7) is 2.44. The van der Waals surface area contributed by atoms with Gasteiger partial charge in [0.05, 0.1) is 6.42 Å². The number of hydrogen-bond acceptors (Lipinski definition) is 2. The molecule has 0 aliphatic heterocycles. The van der Waals surface area contributed by atoms with Crippen molar-refractivity contribution in [2.75, 3.05) is 12.3 Å². The number of hydrogen-bond donors (Lipinski definition) is 1. The third kappa shape index (κ3) is 8.20. The van der Waals surface area contributed by atoms with Crippen molar-refractivity contribution in [1.29, 1.82) is 0 Å². The van der Waals surface area contributed by atoms with E-state index < -0.39 is 12.6 Å². The van der Waals surface area contributed by atoms with Gasteiger partial charge < -0.3 is 5.73 Å². The second-order valence-electron chi connectivity index (χ2n) is 2.62. The lowest BCUT2D eigenvalue weighted by Crippen LogP contribution is -2.11. The molecular weight excluding hydrogens is 187 g/mol. The molecule has 74 valence electrons. The van der Waals surface area contributed by atoms with E-state index in [1.165, 1.54) is 11.8 Å². The molecule has 0 radical (unpaired) electrons. The maximum absolute atomic E-state index is 11.7. The Balaban J connectivity index is 3.31. The van der Waals surface area contributed by atoms with Crippen molar-refractivity contribution in [1.82, 2.24) is 0 Å². The van der Waals surface area contributed by atoms with Crippen LogP contribution in [0.2, 0.25) is 0 Å². The highest BCUT2D eigenvalue weighted by atomic mass is 32.2. The molecule has 0 fully saturated rings. The van der Waals surface area contributed by atoms with Crippen LogP contribution in [0.1, 0.15) is 19.8 Å². The minimum absolute atomic E-state index is 0.144. The lowest BCUT2D eigenvalue weighted by Gasteiger charge is -2.10. The van der Waals surface area contributed by atoms with Crippen LogP contribution in [-0.4, -0.2) is 23.7 Å². The van der Waals surface area contributed by atoms with E-state index in [9.17, 15) is 13.2 Å². The fourth-order valence-corrected chi connectivity index (χ4v) is 1.75. The molecule has 1 unspecified atom stereocenters. The van der Waals surface area contributed by atoms with Gasteiger partial charge in [-0.1, -0.05) is 6.92 Å². The maximum Gasteiger partial charge on any atom is 0.389 e. The first-order chi connectivity index (χ1) is 5.45. The minimum Gasteiger partial charge on any atom is -0.330 e. The molecule has 2 N–H and O–H groups in total. The van der Waals surface area contributed by atoms with Crippen LogP contribution in [0.5, 0.6) is 0 Å². The molecule has 0 spiro atoms. The molecule has 5 heteroatoms. The fourth-order valence-electron chi connectivity index (χ4n) is 0.694. The number of rotatable bonds is 5. The van der Waals surface area contributed by atoms with E-state index in [-0.39, 0.29) is 11.0 Å². The predicted molar refractivity (Wildman–Crippen MR) is 46.3 cm³/mol. The lowest BCUT2D eigenvalue weighted by molar-refractivity contribution is -0.129. The van der Waals surface area contributed by atoms with Crippen molar-refractivity contribution in [3.05, 3.63) is 0 Å². The molecule has 0 amide bonds. The van der Waals surface area contributed by atoms with Crippen molar-refractivity contribution in [2.24, 2.45) is 5.73 Å². The standard InChI is InChI=1S/C7H14F3NS/c1-6(2-4-11)12-5-3-7(8,9)10/h6H,2-5,11H2,1H3. The topological polar surface area (TPSA) is 26.0 Å². The number of halogens is 3. The summed E-state index contributed by atoms with van der Waals surface area (Å²) < 4.78 is 35.0. The van der Waals surface area contributed by atoms with Crippen LogP contribution in [-0.2, 0) is 0 Å². The normalized spacial score (nSPS) is 14.8. The van der Waals surface area contributed by atoms with E-state index >= 15 is 0 Å². The Bertz CT molecular complexity index is 116. The Kier molecular flexibility index (Phi) is 5.74. The molecular formula is C7H14F3NS. The summed E-state index contributed by atoms with van der Waals surface area (Å²) >= 11 is 1.33. The van der Waals surface area contributed by atoms with E-state index in [2.05, 4.69) is 0 Å². The Labute approximate surface area is 74.9 Å². The van der Waals surface area contributed by atoms with Gasteiger partial charge in [-0.05, 0) is 13.0 Å². The number of alkyl halides is 3. The van der Waals surface area contributed by atoms with Gasteiger partial charge in [-0.25, -0.2) is 0 Å². The van der Waals surface area contributed by atoms with Crippen LogP contribution in [0.15, 0.2) is 0 Å². The van der Waals surface area contributed by atoms with Gasteiger partial charge in [-0.15, -0.1) is 0 Å². The minimum atomic E-state index is -4.02. The molecule has 0 aromatic heterocycles. The SMILES string of the molecule is CC(CCN)SCCC(F)(F)F. The molecule has 0 aromatic carbocycles. The molecule has 0 aliphatic rings. The average Bonchev–Trinajstić information content (AvgIpc) is 1.84. The van der Waals surface area contributed by atoms with Gasteiger partial charge in [0.1, 0.15) is 0 Å². The Morgan fingerprint density at radius 1 is 1.42 bits per heavy atom. The van der Waals surface area contributed by atoms with Crippen molar-refractivity contribution in [2.45, 2.75) is 31.2 Å². The van der Waals surface area contributed by atoms with Gasteiger partial charge in [0, 0.05) is 11.0 Å². The fraction of sp³-hybridized carbons (Fsp3) is 1.00. The summed E-state index contributed by atoms with van der Waals surface area (Å²) in [5, 5.41) is 0.234. The van der Waals surface area contributed by atoms with E-state index in [1.54, 1.807) is 0 Å². The monoisotopic (exact) mass is 201 g/mol. The average molecular weight is 201 g/mol. The Morgan fingerprint density at radius 2 is 2.00 bits per heavy atom. The summed E-state index contributed by atoms with van der Waals surface area (Å²) in [6.07, 6.45) is -3.94. The number of nitrogens with two attached hydrogens (primary N) is 1. The Hall–Kier alpha value is 0.100. The van der Waals surface area contributed by atoms with Crippen LogP contribution in [0, 0.1) is 0 Å². The van der Waals surface area contributed by atoms with E-state index in [1.807, 2.05) is 6.92 Å². The van der Waals surface area contributed by atoms with Crippen molar-refractivity contribution in [3.63, 3.8) is 0 Å². The van der Waals surface area contributed by atoms with Gasteiger partial charge >= 0.3 is 6.18 Å². The first kappa shape index (κ1) is 12.1. The van der Waals surface area contributed by atoms with Gasteiger partial charge in [0.25, 0.3) is 0 Å². The zero-order valence-corrected chi connectivity index (χ0v) is 7.84. The quantitative estimate of drug-likeness (QED) is 0.739. The molecule has 1 atom stereocenters. The van der Waals surface area contributed by atoms with Crippen LogP contribution >= 0.6 is 11.8 Å². The highest BCUT2D eigenvalue weighted by Gasteiger charge is 2.26. The summed E-state index contributed by atoms with van der Waals surface area (Å²) in [4.78, 5) is 0. The molecule has 0 saturated heterocycles. The van der Waals surface area contributed by atoms with Gasteiger partial charge in [-0.3, -0.25) is 0 Å². The van der Waals surface area contributed by atoms with Crippen LogP contribution in [0.4, 0.5) is 13.2 Å². The van der Waals surface area contributed by atoms with Gasteiger partial charge in [0.15, 0.2) is 0 Å². The largest absolute Gasteiger partial charge is 0.389 e. The van der Waals surface area contributed by atoms with Gasteiger partial charge in [0.2, 0.25) is 0 Å². The van der Waals surface area contributed by atoms with Crippen LogP contribution < -0.4 is 5.73 Å². The zero-order valence-electron chi connectivity index (χ0n) is 7.03. The zero-order chi connectivity index (χ0) is 9.61. The molecule has 0 aliphatic carbocycles. The molecule has 0 saturated carbocycles. The van der Waals surface area contributed by atoms with E-state index in [0.29, 0.717) is 6.54 Å². The summed E-state index contributed by atoms with van der Waals surface area (Å²) in [5.41, 5.74) is 5.25. The molecule has 1 nitrogen and oxygen atoms in total. The van der Waals surface area contributed by atoms with Crippen LogP contribution in [0.3, 0.4) is 0 Å². The summed E-state index contributed by atoms with van der Waals surface area (Å²) in [6, 6.07) is 0. The molecule has 0 rings (SSSR count). The molecule has 0 bridgehead atoms. The molecule has 0 heterocycles.